The van der Waals surface area contributed by atoms with Crippen molar-refractivity contribution in [1.82, 2.24) is 4.31 Å². The quantitative estimate of drug-likeness (QED) is 0.794. The third kappa shape index (κ3) is 3.10. The van der Waals surface area contributed by atoms with Gasteiger partial charge in [0.1, 0.15) is 0 Å². The Balaban J connectivity index is 2.25. The van der Waals surface area contributed by atoms with Gasteiger partial charge in [-0.25, -0.2) is 8.42 Å². The first kappa shape index (κ1) is 14.8. The maximum Gasteiger partial charge on any atom is 0.243 e. The second-order valence-corrected chi connectivity index (χ2v) is 7.88. The van der Waals surface area contributed by atoms with Gasteiger partial charge in [0.15, 0.2) is 0 Å². The molecule has 19 heavy (non-hydrogen) atoms. The molecule has 0 saturated carbocycles. The summed E-state index contributed by atoms with van der Waals surface area (Å²) in [5, 5.41) is 9.86. The number of hydrogen-bond donors (Lipinski definition) is 2. The summed E-state index contributed by atoms with van der Waals surface area (Å²) < 4.78 is 26.9. The number of benzene rings is 1. The minimum atomic E-state index is -3.51. The van der Waals surface area contributed by atoms with Gasteiger partial charge in [-0.15, -0.1) is 0 Å². The van der Waals surface area contributed by atoms with E-state index in [1.807, 2.05) is 0 Å². The SMILES string of the molecule is CC1(O)CCN(S(=O)(=O)c2ccc(N)c(Br)c2)CC1. The number of aliphatic hydroxyl groups is 1. The molecule has 1 saturated heterocycles. The predicted molar refractivity (Wildman–Crippen MR) is 77.2 cm³/mol. The smallest absolute Gasteiger partial charge is 0.243 e. The highest BCUT2D eigenvalue weighted by atomic mass is 79.9. The molecule has 0 atom stereocenters. The monoisotopic (exact) mass is 348 g/mol. The molecule has 1 fully saturated rings. The lowest BCUT2D eigenvalue weighted by Gasteiger charge is -2.35. The molecule has 0 spiro atoms. The molecule has 1 aromatic carbocycles. The first-order chi connectivity index (χ1) is 8.72. The maximum absolute atomic E-state index is 12.4. The van der Waals surface area contributed by atoms with Gasteiger partial charge in [-0.2, -0.15) is 4.31 Å². The van der Waals surface area contributed by atoms with Gasteiger partial charge in [0.2, 0.25) is 10.0 Å². The van der Waals surface area contributed by atoms with Crippen LogP contribution in [0.25, 0.3) is 0 Å². The number of rotatable bonds is 2. The Labute approximate surface area is 121 Å². The van der Waals surface area contributed by atoms with Gasteiger partial charge in [-0.1, -0.05) is 0 Å². The fourth-order valence-electron chi connectivity index (χ4n) is 2.03. The zero-order valence-corrected chi connectivity index (χ0v) is 13.0. The van der Waals surface area contributed by atoms with Crippen LogP contribution < -0.4 is 5.73 Å². The molecule has 3 N–H and O–H groups in total. The van der Waals surface area contributed by atoms with Crippen molar-refractivity contribution in [1.29, 1.82) is 0 Å². The summed E-state index contributed by atoms with van der Waals surface area (Å²) in [6.45, 7) is 2.39. The van der Waals surface area contributed by atoms with E-state index in [4.69, 9.17) is 5.73 Å². The molecule has 0 bridgehead atoms. The highest BCUT2D eigenvalue weighted by molar-refractivity contribution is 9.10. The Hall–Kier alpha value is -0.630. The lowest BCUT2D eigenvalue weighted by atomic mass is 9.95. The largest absolute Gasteiger partial charge is 0.398 e. The van der Waals surface area contributed by atoms with Crippen molar-refractivity contribution in [2.45, 2.75) is 30.3 Å². The number of halogens is 1. The lowest BCUT2D eigenvalue weighted by Crippen LogP contribution is -2.45. The Kier molecular flexibility index (Phi) is 3.92. The number of nitrogen functional groups attached to an aromatic ring is 1. The van der Waals surface area contributed by atoms with E-state index < -0.39 is 15.6 Å². The zero-order chi connectivity index (χ0) is 14.3. The lowest BCUT2D eigenvalue weighted by molar-refractivity contribution is 0.0126. The van der Waals surface area contributed by atoms with Crippen molar-refractivity contribution in [2.75, 3.05) is 18.8 Å². The molecular weight excluding hydrogens is 332 g/mol. The second kappa shape index (κ2) is 5.05. The molecule has 0 unspecified atom stereocenters. The fraction of sp³-hybridized carbons (Fsp3) is 0.500. The topological polar surface area (TPSA) is 83.6 Å². The molecule has 0 aromatic heterocycles. The first-order valence-electron chi connectivity index (χ1n) is 6.00. The Morgan fingerprint density at radius 3 is 2.47 bits per heavy atom. The molecule has 1 aliphatic rings. The van der Waals surface area contributed by atoms with Gasteiger partial charge < -0.3 is 10.8 Å². The van der Waals surface area contributed by atoms with Crippen LogP contribution in [0.5, 0.6) is 0 Å². The average Bonchev–Trinajstić information content (AvgIpc) is 2.32. The van der Waals surface area contributed by atoms with Crippen molar-refractivity contribution < 1.29 is 13.5 Å². The Morgan fingerprint density at radius 2 is 1.95 bits per heavy atom. The van der Waals surface area contributed by atoms with Crippen LogP contribution >= 0.6 is 15.9 Å². The maximum atomic E-state index is 12.4. The van der Waals surface area contributed by atoms with Crippen LogP contribution in [-0.4, -0.2) is 36.5 Å². The number of anilines is 1. The second-order valence-electron chi connectivity index (χ2n) is 5.08. The number of nitrogens with zero attached hydrogens (tertiary/aromatic N) is 1. The van der Waals surface area contributed by atoms with Crippen molar-refractivity contribution in [3.63, 3.8) is 0 Å². The van der Waals surface area contributed by atoms with Crippen LogP contribution in [-0.2, 0) is 10.0 Å². The van der Waals surface area contributed by atoms with E-state index in [1.54, 1.807) is 13.0 Å². The van der Waals surface area contributed by atoms with E-state index in [0.717, 1.165) is 0 Å². The average molecular weight is 349 g/mol. The van der Waals surface area contributed by atoms with Crippen LogP contribution in [0.15, 0.2) is 27.6 Å². The standard InChI is InChI=1S/C12H17BrN2O3S/c1-12(16)4-6-15(7-5-12)19(17,18)9-2-3-11(14)10(13)8-9/h2-3,8,16H,4-7,14H2,1H3. The van der Waals surface area contributed by atoms with Gasteiger partial charge in [0.25, 0.3) is 0 Å². The molecular formula is C12H17BrN2O3S. The Morgan fingerprint density at radius 1 is 1.37 bits per heavy atom. The molecule has 1 aliphatic heterocycles. The van der Waals surface area contributed by atoms with Crippen molar-refractivity contribution in [3.05, 3.63) is 22.7 Å². The van der Waals surface area contributed by atoms with Crippen molar-refractivity contribution in [3.8, 4) is 0 Å². The van der Waals surface area contributed by atoms with Crippen LogP contribution in [0.4, 0.5) is 5.69 Å². The molecule has 0 radical (unpaired) electrons. The number of nitrogens with two attached hydrogens (primary N) is 1. The van der Waals surface area contributed by atoms with Gasteiger partial charge in [-0.3, -0.25) is 0 Å². The minimum Gasteiger partial charge on any atom is -0.398 e. The van der Waals surface area contributed by atoms with E-state index in [2.05, 4.69) is 15.9 Å². The van der Waals surface area contributed by atoms with Crippen LogP contribution in [0, 0.1) is 0 Å². The summed E-state index contributed by atoms with van der Waals surface area (Å²) in [6, 6.07) is 4.58. The fourth-order valence-corrected chi connectivity index (χ4v) is 4.02. The van der Waals surface area contributed by atoms with E-state index in [0.29, 0.717) is 36.1 Å². The molecule has 0 aliphatic carbocycles. The summed E-state index contributed by atoms with van der Waals surface area (Å²) >= 11 is 3.23. The predicted octanol–water partition coefficient (Wildman–Crippen LogP) is 1.57. The van der Waals surface area contributed by atoms with E-state index >= 15 is 0 Å². The molecule has 1 aromatic rings. The summed E-state index contributed by atoms with van der Waals surface area (Å²) in [7, 11) is -3.51. The highest BCUT2D eigenvalue weighted by Crippen LogP contribution is 2.29. The number of hydrogen-bond acceptors (Lipinski definition) is 4. The molecule has 1 heterocycles. The molecule has 106 valence electrons. The van der Waals surface area contributed by atoms with Crippen molar-refractivity contribution >= 4 is 31.6 Å². The molecule has 2 rings (SSSR count). The van der Waals surface area contributed by atoms with E-state index in [1.165, 1.54) is 16.4 Å². The zero-order valence-electron chi connectivity index (χ0n) is 10.6. The van der Waals surface area contributed by atoms with Gasteiger partial charge in [0.05, 0.1) is 10.5 Å². The molecule has 5 nitrogen and oxygen atoms in total. The minimum absolute atomic E-state index is 0.218. The summed E-state index contributed by atoms with van der Waals surface area (Å²) in [5.41, 5.74) is 5.39. The third-order valence-corrected chi connectivity index (χ3v) is 5.99. The van der Waals surface area contributed by atoms with E-state index in [-0.39, 0.29) is 4.90 Å². The van der Waals surface area contributed by atoms with E-state index in [9.17, 15) is 13.5 Å². The summed E-state index contributed by atoms with van der Waals surface area (Å²) in [6.07, 6.45) is 0.894. The van der Waals surface area contributed by atoms with Crippen molar-refractivity contribution in [2.24, 2.45) is 0 Å². The number of piperidine rings is 1. The van der Waals surface area contributed by atoms with Gasteiger partial charge in [-0.05, 0) is 53.9 Å². The van der Waals surface area contributed by atoms with Crippen LogP contribution in [0.1, 0.15) is 19.8 Å². The summed E-state index contributed by atoms with van der Waals surface area (Å²) in [5.74, 6) is 0. The molecule has 7 heteroatoms. The van der Waals surface area contributed by atoms with Crippen LogP contribution in [0.2, 0.25) is 0 Å². The number of sulfonamides is 1. The first-order valence-corrected chi connectivity index (χ1v) is 8.23. The Bertz CT molecular complexity index is 577. The van der Waals surface area contributed by atoms with Gasteiger partial charge in [0, 0.05) is 23.2 Å². The van der Waals surface area contributed by atoms with Crippen LogP contribution in [0.3, 0.4) is 0 Å². The van der Waals surface area contributed by atoms with Gasteiger partial charge >= 0.3 is 0 Å². The molecule has 0 amide bonds. The summed E-state index contributed by atoms with van der Waals surface area (Å²) in [4.78, 5) is 0.218. The highest BCUT2D eigenvalue weighted by Gasteiger charge is 2.34. The normalized spacial score (nSPS) is 20.4. The third-order valence-electron chi connectivity index (χ3n) is 3.41.